The molecule has 2 aromatic rings. The van der Waals surface area contributed by atoms with Crippen LogP contribution in [0.4, 0.5) is 0 Å². The summed E-state index contributed by atoms with van der Waals surface area (Å²) in [6, 6.07) is 5.97. The zero-order chi connectivity index (χ0) is 20.1. The van der Waals surface area contributed by atoms with Crippen LogP contribution in [0.5, 0.6) is 11.5 Å². The molecule has 29 heavy (non-hydrogen) atoms. The van der Waals surface area contributed by atoms with E-state index >= 15 is 0 Å². The normalized spacial score (nSPS) is 15.2. The Hall–Kier alpha value is -2.05. The highest BCUT2D eigenvalue weighted by molar-refractivity contribution is 7.07. The highest BCUT2D eigenvalue weighted by Gasteiger charge is 2.30. The lowest BCUT2D eigenvalue weighted by Gasteiger charge is -2.29. The lowest BCUT2D eigenvalue weighted by molar-refractivity contribution is 0.0731. The minimum Gasteiger partial charge on any atom is -0.454 e. The van der Waals surface area contributed by atoms with Crippen molar-refractivity contribution >= 4 is 17.2 Å². The van der Waals surface area contributed by atoms with Gasteiger partial charge in [-0.1, -0.05) is 6.42 Å². The van der Waals surface area contributed by atoms with Crippen LogP contribution < -0.4 is 9.47 Å². The third kappa shape index (κ3) is 4.93. The Morgan fingerprint density at radius 3 is 2.86 bits per heavy atom. The van der Waals surface area contributed by atoms with Gasteiger partial charge in [0.25, 0.3) is 5.91 Å². The molecule has 0 saturated heterocycles. The number of aryl methyl sites for hydroxylation is 1. The molecule has 0 spiro atoms. The summed E-state index contributed by atoms with van der Waals surface area (Å²) in [6.07, 6.45) is 6.84. The number of unbranched alkanes of at least 4 members (excludes halogenated alkanes) is 2. The first-order valence-corrected chi connectivity index (χ1v) is 11.6. The fourth-order valence-corrected chi connectivity index (χ4v) is 4.88. The van der Waals surface area contributed by atoms with Gasteiger partial charge in [-0.15, -0.1) is 0 Å². The molecule has 3 heterocycles. The van der Waals surface area contributed by atoms with Crippen LogP contribution in [0, 0.1) is 0 Å². The molecule has 0 bridgehead atoms. The van der Waals surface area contributed by atoms with Gasteiger partial charge >= 0.3 is 0 Å². The van der Waals surface area contributed by atoms with Crippen molar-refractivity contribution in [2.75, 3.05) is 40.0 Å². The zero-order valence-electron chi connectivity index (χ0n) is 17.2. The Morgan fingerprint density at radius 1 is 1.10 bits per heavy atom. The zero-order valence-corrected chi connectivity index (χ0v) is 18.0. The van der Waals surface area contributed by atoms with Crippen molar-refractivity contribution in [3.8, 4) is 11.5 Å². The summed E-state index contributed by atoms with van der Waals surface area (Å²) in [6.45, 7) is 3.99. The maximum Gasteiger partial charge on any atom is 0.254 e. The number of nitrogens with zero attached hydrogens (tertiary/aromatic N) is 2. The number of hydrogen-bond acceptors (Lipinski definition) is 5. The number of fused-ring (bicyclic) bond motifs is 3. The number of carbonyl (C=O) groups excluding carboxylic acids is 1. The molecule has 2 aliphatic rings. The summed E-state index contributed by atoms with van der Waals surface area (Å²) in [5.74, 6) is 1.66. The molecular weight excluding hydrogens is 384 g/mol. The molecular formula is C23H30N2O3S. The lowest BCUT2D eigenvalue weighted by atomic mass is 9.97. The number of thiophene rings is 1. The van der Waals surface area contributed by atoms with E-state index in [-0.39, 0.29) is 12.7 Å². The predicted molar refractivity (Wildman–Crippen MR) is 116 cm³/mol. The quantitative estimate of drug-likeness (QED) is 0.546. The Labute approximate surface area is 177 Å². The van der Waals surface area contributed by atoms with Gasteiger partial charge in [-0.25, -0.2) is 0 Å². The smallest absolute Gasteiger partial charge is 0.254 e. The number of benzene rings is 1. The molecule has 1 aromatic carbocycles. The molecule has 5 nitrogen and oxygen atoms in total. The number of rotatable bonds is 10. The first-order chi connectivity index (χ1) is 14.2. The van der Waals surface area contributed by atoms with Crippen LogP contribution in [0.1, 0.15) is 47.2 Å². The Bertz CT molecular complexity index is 822. The molecule has 4 rings (SSSR count). The second-order valence-electron chi connectivity index (χ2n) is 7.97. The van der Waals surface area contributed by atoms with Gasteiger partial charge in [-0.05, 0) is 86.8 Å². The van der Waals surface area contributed by atoms with Gasteiger partial charge in [0.1, 0.15) is 0 Å². The third-order valence-electron chi connectivity index (χ3n) is 5.84. The number of hydrogen-bond donors (Lipinski definition) is 0. The SMILES string of the molecule is CN(CCCCCc1ccsc1)CCCN1CCc2c(ccc3c2OCO3)C1=O. The van der Waals surface area contributed by atoms with E-state index < -0.39 is 0 Å². The first kappa shape index (κ1) is 20.2. The van der Waals surface area contributed by atoms with E-state index in [9.17, 15) is 4.79 Å². The first-order valence-electron chi connectivity index (χ1n) is 10.6. The number of ether oxygens (including phenoxy) is 2. The van der Waals surface area contributed by atoms with Crippen molar-refractivity contribution in [2.24, 2.45) is 0 Å². The van der Waals surface area contributed by atoms with Gasteiger partial charge in [0, 0.05) is 24.2 Å². The summed E-state index contributed by atoms with van der Waals surface area (Å²) >= 11 is 1.78. The van der Waals surface area contributed by atoms with E-state index in [2.05, 4.69) is 28.8 Å². The van der Waals surface area contributed by atoms with Crippen molar-refractivity contribution in [1.29, 1.82) is 0 Å². The van der Waals surface area contributed by atoms with Crippen LogP contribution in [-0.4, -0.2) is 55.7 Å². The van der Waals surface area contributed by atoms with Gasteiger partial charge in [-0.2, -0.15) is 11.3 Å². The van der Waals surface area contributed by atoms with Crippen LogP contribution >= 0.6 is 11.3 Å². The molecule has 0 atom stereocenters. The van der Waals surface area contributed by atoms with Crippen LogP contribution in [-0.2, 0) is 12.8 Å². The second-order valence-corrected chi connectivity index (χ2v) is 8.75. The van der Waals surface area contributed by atoms with Crippen LogP contribution in [0.3, 0.4) is 0 Å². The van der Waals surface area contributed by atoms with Gasteiger partial charge in [0.05, 0.1) is 0 Å². The maximum atomic E-state index is 12.9. The van der Waals surface area contributed by atoms with Gasteiger partial charge in [0.15, 0.2) is 11.5 Å². The van der Waals surface area contributed by atoms with E-state index in [1.807, 2.05) is 17.0 Å². The number of carbonyl (C=O) groups is 1. The average Bonchev–Trinajstić information content (AvgIpc) is 3.41. The van der Waals surface area contributed by atoms with Gasteiger partial charge in [-0.3, -0.25) is 4.79 Å². The van der Waals surface area contributed by atoms with E-state index in [4.69, 9.17) is 9.47 Å². The Kier molecular flexibility index (Phi) is 6.72. The maximum absolute atomic E-state index is 12.9. The van der Waals surface area contributed by atoms with Crippen molar-refractivity contribution < 1.29 is 14.3 Å². The van der Waals surface area contributed by atoms with Gasteiger partial charge < -0.3 is 19.3 Å². The summed E-state index contributed by atoms with van der Waals surface area (Å²) in [5, 5.41) is 4.41. The van der Waals surface area contributed by atoms with Crippen molar-refractivity contribution in [3.05, 3.63) is 45.6 Å². The van der Waals surface area contributed by atoms with Crippen molar-refractivity contribution in [1.82, 2.24) is 9.80 Å². The minimum absolute atomic E-state index is 0.126. The van der Waals surface area contributed by atoms with Crippen molar-refractivity contribution in [2.45, 2.75) is 38.5 Å². The standard InChI is InChI=1S/C23H30N2O3S/c1-24(11-4-2-3-6-18-10-15-29-16-18)12-5-13-25-14-9-19-20(23(25)26)7-8-21-22(19)28-17-27-21/h7-8,10,15-16H,2-6,9,11-14,17H2,1H3. The fraction of sp³-hybridized carbons (Fsp3) is 0.522. The molecule has 0 aliphatic carbocycles. The molecule has 6 heteroatoms. The molecule has 1 amide bonds. The fourth-order valence-electron chi connectivity index (χ4n) is 4.18. The van der Waals surface area contributed by atoms with E-state index in [0.29, 0.717) is 0 Å². The Morgan fingerprint density at radius 2 is 2.00 bits per heavy atom. The highest BCUT2D eigenvalue weighted by Crippen LogP contribution is 2.39. The Balaban J connectivity index is 1.15. The summed E-state index contributed by atoms with van der Waals surface area (Å²) in [4.78, 5) is 17.2. The topological polar surface area (TPSA) is 42.0 Å². The lowest BCUT2D eigenvalue weighted by Crippen LogP contribution is -2.39. The van der Waals surface area contributed by atoms with E-state index in [1.165, 1.54) is 31.2 Å². The molecule has 0 radical (unpaired) electrons. The molecule has 1 aromatic heterocycles. The van der Waals surface area contributed by atoms with E-state index in [1.54, 1.807) is 11.3 Å². The van der Waals surface area contributed by atoms with Crippen LogP contribution in [0.2, 0.25) is 0 Å². The van der Waals surface area contributed by atoms with Crippen molar-refractivity contribution in [3.63, 3.8) is 0 Å². The number of amides is 1. The third-order valence-corrected chi connectivity index (χ3v) is 6.58. The molecule has 0 unspecified atom stereocenters. The monoisotopic (exact) mass is 414 g/mol. The average molecular weight is 415 g/mol. The summed E-state index contributed by atoms with van der Waals surface area (Å²) < 4.78 is 11.0. The molecule has 0 fully saturated rings. The van der Waals surface area contributed by atoms with Crippen LogP contribution in [0.15, 0.2) is 29.0 Å². The minimum atomic E-state index is 0.126. The molecule has 0 saturated carbocycles. The molecule has 2 aliphatic heterocycles. The summed E-state index contributed by atoms with van der Waals surface area (Å²) in [5.41, 5.74) is 3.26. The van der Waals surface area contributed by atoms with E-state index in [0.717, 1.165) is 61.6 Å². The largest absolute Gasteiger partial charge is 0.454 e. The second kappa shape index (κ2) is 9.63. The van der Waals surface area contributed by atoms with Gasteiger partial charge in [0.2, 0.25) is 6.79 Å². The molecule has 0 N–H and O–H groups in total. The summed E-state index contributed by atoms with van der Waals surface area (Å²) in [7, 11) is 2.19. The highest BCUT2D eigenvalue weighted by atomic mass is 32.1. The predicted octanol–water partition coefficient (Wildman–Crippen LogP) is 4.21. The molecule has 156 valence electrons. The van der Waals surface area contributed by atoms with Crippen LogP contribution in [0.25, 0.3) is 0 Å².